The van der Waals surface area contributed by atoms with Crippen molar-refractivity contribution >= 4 is 0 Å². The predicted molar refractivity (Wildman–Crippen MR) is 422 cm³/mol. The minimum atomic E-state index is 0.274. The summed E-state index contributed by atoms with van der Waals surface area (Å²) in [5.41, 5.74) is 35.8. The van der Waals surface area contributed by atoms with Gasteiger partial charge in [0, 0.05) is 0 Å². The maximum absolute atomic E-state index is 2.33. The van der Waals surface area contributed by atoms with Gasteiger partial charge in [-0.25, -0.2) is 0 Å². The van der Waals surface area contributed by atoms with E-state index in [1.165, 1.54) is 139 Å². The van der Waals surface area contributed by atoms with Gasteiger partial charge in [0.2, 0.25) is 0 Å². The Morgan fingerprint density at radius 2 is 0.484 bits per heavy atom. The summed E-state index contributed by atoms with van der Waals surface area (Å²) in [6, 6.07) is 62.7. The lowest BCUT2D eigenvalue weighted by Crippen LogP contribution is -2.13. The third kappa shape index (κ3) is 31.6. The van der Waals surface area contributed by atoms with E-state index < -0.39 is 0 Å². The number of hydrogen-bond donors (Lipinski definition) is 0. The summed E-state index contributed by atoms with van der Waals surface area (Å²) in [6.07, 6.45) is 0. The molecule has 0 amide bonds. The lowest BCUT2D eigenvalue weighted by atomic mass is 9.83. The molecule has 0 heterocycles. The van der Waals surface area contributed by atoms with Gasteiger partial charge in [0.05, 0.1) is 0 Å². The molecule has 0 heteroatoms. The van der Waals surface area contributed by atoms with Gasteiger partial charge in [-0.1, -0.05) is 306 Å². The van der Waals surface area contributed by atoms with E-state index in [0.717, 1.165) is 0 Å². The van der Waals surface area contributed by atoms with E-state index in [-0.39, 0.29) is 10.8 Å². The van der Waals surface area contributed by atoms with Crippen molar-refractivity contribution in [2.45, 2.75) is 263 Å². The van der Waals surface area contributed by atoms with Crippen molar-refractivity contribution in [2.75, 3.05) is 0 Å². The highest BCUT2D eigenvalue weighted by Crippen LogP contribution is 2.30. The smallest absolute Gasteiger partial charge is 0.0129 e. The summed E-state index contributed by atoms with van der Waals surface area (Å²) < 4.78 is 0. The zero-order valence-corrected chi connectivity index (χ0v) is 65.6. The minimum Gasteiger partial charge on any atom is -0.0620 e. The SMILES string of the molecule is Cc1cc(C(C)C)c(C)c(C(C)C)c1.Cc1cc(C)c(C)c(C)c1.Cc1ccc(C)c(C(C)(C)C)c1.Cc1ccc(C)c(C(C)C)c1.Cc1ccc(C)cc1.Cc1cccc(C)c1C.Cc1ccccc1C.Cc1ccccc1C(C)(C)C.Cc1ccccc1C(C)C. The van der Waals surface area contributed by atoms with E-state index in [0.29, 0.717) is 23.7 Å². The van der Waals surface area contributed by atoms with E-state index in [1.807, 2.05) is 0 Å². The Hall–Kier alpha value is -7.02. The summed E-state index contributed by atoms with van der Waals surface area (Å²) >= 11 is 0. The molecule has 0 N–H and O–H groups in total. The molecule has 0 fully saturated rings. The molecule has 0 unspecified atom stereocenters. The summed E-state index contributed by atoms with van der Waals surface area (Å²) in [5.74, 6) is 2.57. The maximum atomic E-state index is 2.33. The largest absolute Gasteiger partial charge is 0.0620 e. The van der Waals surface area contributed by atoms with Crippen LogP contribution in [0.5, 0.6) is 0 Å². The highest BCUT2D eigenvalue weighted by atomic mass is 14.2. The topological polar surface area (TPSA) is 0 Å². The van der Waals surface area contributed by atoms with Gasteiger partial charge < -0.3 is 0 Å². The van der Waals surface area contributed by atoms with Gasteiger partial charge in [-0.2, -0.15) is 0 Å². The van der Waals surface area contributed by atoms with Crippen LogP contribution in [0.1, 0.15) is 260 Å². The molecule has 504 valence electrons. The zero-order valence-electron chi connectivity index (χ0n) is 65.6. The van der Waals surface area contributed by atoms with Crippen molar-refractivity contribution in [2.24, 2.45) is 0 Å². The number of hydrogen-bond acceptors (Lipinski definition) is 0. The Kier molecular flexibility index (Phi) is 37.0. The molecule has 0 spiro atoms. The summed E-state index contributed by atoms with van der Waals surface area (Å²) in [4.78, 5) is 0. The van der Waals surface area contributed by atoms with Gasteiger partial charge in [0.25, 0.3) is 0 Å². The third-order valence-corrected chi connectivity index (χ3v) is 17.5. The lowest BCUT2D eigenvalue weighted by molar-refractivity contribution is 0.585. The summed E-state index contributed by atoms with van der Waals surface area (Å²) in [5, 5.41) is 0. The average Bonchev–Trinajstić information content (AvgIpc) is 0.898. The monoisotopic (exact) mass is 1250 g/mol. The molecule has 9 rings (SSSR count). The van der Waals surface area contributed by atoms with Crippen LogP contribution in [0.4, 0.5) is 0 Å². The molecule has 0 atom stereocenters. The Morgan fingerprint density at radius 3 is 0.806 bits per heavy atom. The third-order valence-electron chi connectivity index (χ3n) is 17.5. The first-order valence-corrected chi connectivity index (χ1v) is 34.6. The zero-order chi connectivity index (χ0) is 71.2. The van der Waals surface area contributed by atoms with E-state index >= 15 is 0 Å². The van der Waals surface area contributed by atoms with Crippen molar-refractivity contribution in [3.63, 3.8) is 0 Å². The van der Waals surface area contributed by atoms with E-state index in [1.54, 1.807) is 0 Å². The molecule has 0 aliphatic rings. The van der Waals surface area contributed by atoms with Crippen molar-refractivity contribution in [1.29, 1.82) is 0 Å². The molecule has 0 aliphatic heterocycles. The molecular weight excluding hydrogens is 1120 g/mol. The normalized spacial score (nSPS) is 10.6. The fraction of sp³-hybridized carbons (Fsp3) is 0.419. The molecular formula is C93H132. The van der Waals surface area contributed by atoms with Gasteiger partial charge >= 0.3 is 0 Å². The standard InChI is InChI=1S/C14H22.C12H18.2C11H16.2C10H14.C9H12.2C8H10/c1-9(2)13-7-11(5)8-14(10(3)4)12(13)6;1-9-6-7-10(2)11(8-9)12(3,4)5;1-8(2)11-7-9(3)5-6-10(11)4;1-9-7-5-6-8-10(9)11(2,3)4;1-7-5-8(2)10(4)9(3)6-7;1-8(2)10-7-5-4-6-9(10)3;1-7-5-4-6-8(2)9(7)3;1-7-3-5-8(2)6-4-7;1-7-5-3-4-6-8(7)2/h7-10H,1-6H3;6-8H,1-5H3;2*5-8H,1-4H3;5-6H,1-4H3;4-8H,1-3H3;4-6H,1-3H3;2*3-6H,1-2H3. The van der Waals surface area contributed by atoms with Crippen LogP contribution in [0.2, 0.25) is 0 Å². The van der Waals surface area contributed by atoms with Crippen molar-refractivity contribution < 1.29 is 0 Å². The quantitative estimate of drug-likeness (QED) is 0.165. The summed E-state index contributed by atoms with van der Waals surface area (Å²) in [7, 11) is 0. The van der Waals surface area contributed by atoms with Crippen LogP contribution in [0, 0.1) is 132 Å². The molecule has 9 aromatic carbocycles. The Bertz CT molecular complexity index is 3490. The van der Waals surface area contributed by atoms with Crippen LogP contribution in [-0.2, 0) is 10.8 Å². The lowest BCUT2D eigenvalue weighted by Gasteiger charge is -2.22. The molecule has 0 saturated carbocycles. The van der Waals surface area contributed by atoms with Gasteiger partial charge in [0.1, 0.15) is 0 Å². The van der Waals surface area contributed by atoms with Crippen LogP contribution < -0.4 is 0 Å². The van der Waals surface area contributed by atoms with Crippen molar-refractivity contribution in [1.82, 2.24) is 0 Å². The molecule has 0 aliphatic carbocycles. The number of rotatable bonds is 4. The fourth-order valence-electron chi connectivity index (χ4n) is 11.1. The highest BCUT2D eigenvalue weighted by Gasteiger charge is 2.17. The van der Waals surface area contributed by atoms with E-state index in [9.17, 15) is 0 Å². The van der Waals surface area contributed by atoms with Crippen LogP contribution in [-0.4, -0.2) is 0 Å². The van der Waals surface area contributed by atoms with Crippen LogP contribution in [0.3, 0.4) is 0 Å². The van der Waals surface area contributed by atoms with Gasteiger partial charge in [-0.3, -0.25) is 0 Å². The summed E-state index contributed by atoms with van der Waals surface area (Å²) in [6.45, 7) is 72.4. The number of benzene rings is 9. The Balaban J connectivity index is 0.000000525. The first kappa shape index (κ1) is 84.0. The second-order valence-corrected chi connectivity index (χ2v) is 29.8. The Labute approximate surface area is 574 Å². The molecule has 0 bridgehead atoms. The molecule has 0 aromatic heterocycles. The first-order valence-electron chi connectivity index (χ1n) is 34.6. The predicted octanol–water partition coefficient (Wildman–Crippen LogP) is 28.1. The van der Waals surface area contributed by atoms with Crippen LogP contribution in [0.25, 0.3) is 0 Å². The van der Waals surface area contributed by atoms with Crippen LogP contribution >= 0.6 is 0 Å². The van der Waals surface area contributed by atoms with Gasteiger partial charge in [0.15, 0.2) is 0 Å². The first-order chi connectivity index (χ1) is 43.1. The molecule has 0 radical (unpaired) electrons. The fourth-order valence-corrected chi connectivity index (χ4v) is 11.1. The molecule has 9 aromatic rings. The van der Waals surface area contributed by atoms with E-state index in [2.05, 4.69) is 404 Å². The molecule has 0 saturated heterocycles. The van der Waals surface area contributed by atoms with Crippen molar-refractivity contribution in [3.05, 3.63) is 315 Å². The molecule has 0 nitrogen and oxygen atoms in total. The van der Waals surface area contributed by atoms with Gasteiger partial charge in [-0.05, 0) is 272 Å². The molecule has 93 heavy (non-hydrogen) atoms. The maximum Gasteiger partial charge on any atom is -0.0129 e. The second kappa shape index (κ2) is 40.9. The van der Waals surface area contributed by atoms with Crippen LogP contribution in [0.15, 0.2) is 176 Å². The van der Waals surface area contributed by atoms with Gasteiger partial charge in [-0.15, -0.1) is 0 Å². The average molecular weight is 1250 g/mol. The number of aryl methyl sites for hydroxylation is 16. The van der Waals surface area contributed by atoms with E-state index in [4.69, 9.17) is 0 Å². The highest BCUT2D eigenvalue weighted by molar-refractivity contribution is 5.42. The van der Waals surface area contributed by atoms with Crippen molar-refractivity contribution in [3.8, 4) is 0 Å². The second-order valence-electron chi connectivity index (χ2n) is 29.8. The minimum absolute atomic E-state index is 0.274. The Morgan fingerprint density at radius 1 is 0.194 bits per heavy atom.